The standard InChI is InChI=1S/C24H28ClN5O4/c1-2-15-9-11-24(12-10-15)22(32)30(23(33)26-24)14-20(31)29(18-7-8-18)13-19-27-28-21(34-19)16-3-5-17(25)6-4-16/h3-6,15,18H,2,7-14H2,1H3,(H,26,33). The first kappa shape index (κ1) is 22.8. The predicted molar refractivity (Wildman–Crippen MR) is 124 cm³/mol. The first-order valence-electron chi connectivity index (χ1n) is 11.9. The van der Waals surface area contributed by atoms with Crippen molar-refractivity contribution >= 4 is 29.4 Å². The third kappa shape index (κ3) is 4.41. The molecule has 2 aliphatic carbocycles. The van der Waals surface area contributed by atoms with Crippen LogP contribution in [0.3, 0.4) is 0 Å². The zero-order valence-corrected chi connectivity index (χ0v) is 19.9. The van der Waals surface area contributed by atoms with Gasteiger partial charge in [-0.1, -0.05) is 24.9 Å². The third-order valence-corrected chi connectivity index (χ3v) is 7.50. The largest absolute Gasteiger partial charge is 0.419 e. The molecule has 0 bridgehead atoms. The van der Waals surface area contributed by atoms with Crippen LogP contribution in [0.2, 0.25) is 5.02 Å². The molecule has 4 amide bonds. The number of hydrogen-bond acceptors (Lipinski definition) is 6. The molecule has 1 aromatic heterocycles. The lowest BCUT2D eigenvalue weighted by Crippen LogP contribution is -2.50. The summed E-state index contributed by atoms with van der Waals surface area (Å²) in [5, 5.41) is 11.7. The van der Waals surface area contributed by atoms with Gasteiger partial charge in [-0.15, -0.1) is 10.2 Å². The summed E-state index contributed by atoms with van der Waals surface area (Å²) in [6, 6.07) is 6.61. The van der Waals surface area contributed by atoms with Gasteiger partial charge in [0.2, 0.25) is 17.7 Å². The normalized spacial score (nSPS) is 24.5. The van der Waals surface area contributed by atoms with Crippen molar-refractivity contribution in [3.8, 4) is 11.5 Å². The van der Waals surface area contributed by atoms with Gasteiger partial charge >= 0.3 is 6.03 Å². The number of rotatable bonds is 7. The fraction of sp³-hybridized carbons (Fsp3) is 0.542. The van der Waals surface area contributed by atoms with Gasteiger partial charge in [-0.3, -0.25) is 14.5 Å². The summed E-state index contributed by atoms with van der Waals surface area (Å²) >= 11 is 5.93. The summed E-state index contributed by atoms with van der Waals surface area (Å²) in [4.78, 5) is 41.8. The molecule has 1 aliphatic heterocycles. The summed E-state index contributed by atoms with van der Waals surface area (Å²) in [5.41, 5.74) is -0.122. The Morgan fingerprint density at radius 3 is 2.53 bits per heavy atom. The summed E-state index contributed by atoms with van der Waals surface area (Å²) in [5.74, 6) is 0.657. The molecule has 0 unspecified atom stereocenters. The van der Waals surface area contributed by atoms with Gasteiger partial charge in [0.05, 0.1) is 6.54 Å². The van der Waals surface area contributed by atoms with Gasteiger partial charge in [-0.25, -0.2) is 4.79 Å². The van der Waals surface area contributed by atoms with Crippen LogP contribution in [0.5, 0.6) is 0 Å². The van der Waals surface area contributed by atoms with E-state index in [0.717, 1.165) is 42.6 Å². The van der Waals surface area contributed by atoms with Gasteiger partial charge in [0.15, 0.2) is 0 Å². The number of aromatic nitrogens is 2. The minimum absolute atomic E-state index is 0.0492. The van der Waals surface area contributed by atoms with Crippen molar-refractivity contribution in [3.63, 3.8) is 0 Å². The van der Waals surface area contributed by atoms with Crippen molar-refractivity contribution in [2.75, 3.05) is 6.54 Å². The maximum Gasteiger partial charge on any atom is 0.325 e. The molecule has 34 heavy (non-hydrogen) atoms. The topological polar surface area (TPSA) is 109 Å². The molecule has 2 aromatic rings. The number of imide groups is 1. The molecule has 3 aliphatic rings. The van der Waals surface area contributed by atoms with Crippen LogP contribution in [0.15, 0.2) is 28.7 Å². The second kappa shape index (κ2) is 9.02. The molecule has 5 rings (SSSR count). The quantitative estimate of drug-likeness (QED) is 0.598. The number of nitrogens with zero attached hydrogens (tertiary/aromatic N) is 4. The van der Waals surface area contributed by atoms with Crippen molar-refractivity contribution < 1.29 is 18.8 Å². The third-order valence-electron chi connectivity index (χ3n) is 7.25. The van der Waals surface area contributed by atoms with Gasteiger partial charge in [-0.05, 0) is 68.7 Å². The van der Waals surface area contributed by atoms with Crippen molar-refractivity contribution in [3.05, 3.63) is 35.2 Å². The monoisotopic (exact) mass is 485 g/mol. The number of hydrogen-bond donors (Lipinski definition) is 1. The van der Waals surface area contributed by atoms with Crippen molar-refractivity contribution in [2.45, 2.75) is 70.0 Å². The van der Waals surface area contributed by atoms with E-state index in [1.54, 1.807) is 29.2 Å². The number of carbonyl (C=O) groups excluding carboxylic acids is 3. The van der Waals surface area contributed by atoms with Crippen LogP contribution < -0.4 is 5.32 Å². The predicted octanol–water partition coefficient (Wildman–Crippen LogP) is 3.77. The number of urea groups is 1. The van der Waals surface area contributed by atoms with E-state index in [-0.39, 0.29) is 30.9 Å². The lowest BCUT2D eigenvalue weighted by molar-refractivity contribution is -0.140. The number of nitrogens with one attached hydrogen (secondary N) is 1. The summed E-state index contributed by atoms with van der Waals surface area (Å²) in [6.07, 6.45) is 5.88. The molecule has 1 spiro atoms. The Hall–Kier alpha value is -2.94. The Morgan fingerprint density at radius 1 is 1.18 bits per heavy atom. The molecule has 2 saturated carbocycles. The zero-order chi connectivity index (χ0) is 23.9. The number of halogens is 1. The minimum Gasteiger partial charge on any atom is -0.419 e. The molecule has 1 saturated heterocycles. The van der Waals surface area contributed by atoms with E-state index in [1.165, 1.54) is 0 Å². The molecule has 10 heteroatoms. The average Bonchev–Trinajstić information content (AvgIpc) is 3.53. The van der Waals surface area contributed by atoms with E-state index < -0.39 is 11.6 Å². The Labute approximate surface area is 202 Å². The Kier molecular flexibility index (Phi) is 6.06. The van der Waals surface area contributed by atoms with Crippen LogP contribution in [0.4, 0.5) is 4.79 Å². The minimum atomic E-state index is -0.854. The van der Waals surface area contributed by atoms with Crippen molar-refractivity contribution in [2.24, 2.45) is 5.92 Å². The number of benzene rings is 1. The maximum absolute atomic E-state index is 13.2. The second-order valence-electron chi connectivity index (χ2n) is 9.52. The molecule has 180 valence electrons. The molecular weight excluding hydrogens is 458 g/mol. The summed E-state index contributed by atoms with van der Waals surface area (Å²) in [7, 11) is 0. The van der Waals surface area contributed by atoms with E-state index in [2.05, 4.69) is 22.4 Å². The van der Waals surface area contributed by atoms with E-state index in [1.807, 2.05) is 0 Å². The Bertz CT molecular complexity index is 1090. The lowest BCUT2D eigenvalue weighted by atomic mass is 9.75. The van der Waals surface area contributed by atoms with Crippen LogP contribution in [0, 0.1) is 5.92 Å². The summed E-state index contributed by atoms with van der Waals surface area (Å²) in [6.45, 7) is 2.01. The fourth-order valence-electron chi connectivity index (χ4n) is 4.94. The Balaban J connectivity index is 1.26. The molecule has 3 fully saturated rings. The SMILES string of the molecule is CCC1CCC2(CC1)NC(=O)N(CC(=O)N(Cc1nnc(-c3ccc(Cl)cc3)o1)C1CC1)C2=O. The first-order valence-corrected chi connectivity index (χ1v) is 12.3. The van der Waals surface area contributed by atoms with Gasteiger partial charge in [0.25, 0.3) is 5.91 Å². The number of amides is 4. The Morgan fingerprint density at radius 2 is 1.88 bits per heavy atom. The molecule has 0 radical (unpaired) electrons. The molecule has 1 N–H and O–H groups in total. The van der Waals surface area contributed by atoms with Gasteiger partial charge in [-0.2, -0.15) is 0 Å². The average molecular weight is 486 g/mol. The first-order chi connectivity index (χ1) is 16.4. The van der Waals surface area contributed by atoms with Crippen LogP contribution in [-0.4, -0.2) is 56.0 Å². The zero-order valence-electron chi connectivity index (χ0n) is 19.1. The lowest BCUT2D eigenvalue weighted by Gasteiger charge is -2.34. The van der Waals surface area contributed by atoms with E-state index in [9.17, 15) is 14.4 Å². The van der Waals surface area contributed by atoms with Gasteiger partial charge in [0, 0.05) is 16.6 Å². The smallest absolute Gasteiger partial charge is 0.325 e. The molecule has 1 aromatic carbocycles. The molecule has 0 atom stereocenters. The molecular formula is C24H28ClN5O4. The van der Waals surface area contributed by atoms with Crippen LogP contribution in [0.1, 0.15) is 57.8 Å². The van der Waals surface area contributed by atoms with Crippen LogP contribution >= 0.6 is 11.6 Å². The van der Waals surface area contributed by atoms with Crippen LogP contribution in [0.25, 0.3) is 11.5 Å². The van der Waals surface area contributed by atoms with E-state index >= 15 is 0 Å². The van der Waals surface area contributed by atoms with Crippen LogP contribution in [-0.2, 0) is 16.1 Å². The fourth-order valence-corrected chi connectivity index (χ4v) is 5.07. The van der Waals surface area contributed by atoms with Gasteiger partial charge in [0.1, 0.15) is 12.1 Å². The summed E-state index contributed by atoms with van der Waals surface area (Å²) < 4.78 is 5.77. The van der Waals surface area contributed by atoms with Crippen molar-refractivity contribution in [1.82, 2.24) is 25.3 Å². The van der Waals surface area contributed by atoms with E-state index in [4.69, 9.17) is 16.0 Å². The maximum atomic E-state index is 13.2. The number of carbonyl (C=O) groups is 3. The molecule has 2 heterocycles. The highest BCUT2D eigenvalue weighted by atomic mass is 35.5. The van der Waals surface area contributed by atoms with Crippen molar-refractivity contribution in [1.29, 1.82) is 0 Å². The molecule has 9 nitrogen and oxygen atoms in total. The second-order valence-corrected chi connectivity index (χ2v) is 9.95. The van der Waals surface area contributed by atoms with Gasteiger partial charge < -0.3 is 14.6 Å². The highest BCUT2D eigenvalue weighted by Crippen LogP contribution is 2.38. The van der Waals surface area contributed by atoms with E-state index in [0.29, 0.717) is 35.6 Å². The highest BCUT2D eigenvalue weighted by Gasteiger charge is 2.53. The highest BCUT2D eigenvalue weighted by molar-refractivity contribution is 6.30.